The number of H-pyrrole nitrogens is 1. The molecule has 2 aromatic rings. The number of thiazole rings is 1. The number of nitrogens with one attached hydrogen (secondary N) is 1. The van der Waals surface area contributed by atoms with Crippen molar-refractivity contribution in [3.05, 3.63) is 50.2 Å². The quantitative estimate of drug-likeness (QED) is 0.925. The van der Waals surface area contributed by atoms with Gasteiger partial charge in [-0.3, -0.25) is 4.79 Å². The lowest BCUT2D eigenvalue weighted by atomic mass is 10.1. The molecule has 21 heavy (non-hydrogen) atoms. The zero-order valence-electron chi connectivity index (χ0n) is 11.8. The molecule has 0 aliphatic heterocycles. The molecule has 0 saturated carbocycles. The van der Waals surface area contributed by atoms with Crippen molar-refractivity contribution in [3.63, 3.8) is 0 Å². The Hall–Kier alpha value is -1.15. The third-order valence-electron chi connectivity index (χ3n) is 3.29. The summed E-state index contributed by atoms with van der Waals surface area (Å²) in [5.74, 6) is 0. The van der Waals surface area contributed by atoms with Crippen LogP contribution in [0.15, 0.2) is 33.3 Å². The minimum absolute atomic E-state index is 0.0517. The topological polar surface area (TPSA) is 70.2 Å². The van der Waals surface area contributed by atoms with E-state index in [2.05, 4.69) is 4.98 Å². The van der Waals surface area contributed by atoms with Gasteiger partial charge in [0.2, 0.25) is 0 Å². The second-order valence-corrected chi connectivity index (χ2v) is 8.29. The zero-order valence-corrected chi connectivity index (χ0v) is 14.1. The molecule has 0 spiro atoms. The molecule has 1 aromatic heterocycles. The maximum absolute atomic E-state index is 12.6. The van der Waals surface area contributed by atoms with Gasteiger partial charge in [-0.2, -0.15) is 4.31 Å². The third kappa shape index (κ3) is 3.21. The first-order chi connectivity index (χ1) is 9.73. The number of aryl methyl sites for hydroxylation is 1. The summed E-state index contributed by atoms with van der Waals surface area (Å²) in [5.41, 5.74) is 1.19. The lowest BCUT2D eigenvalue weighted by molar-refractivity contribution is 0.399. The Morgan fingerprint density at radius 3 is 2.33 bits per heavy atom. The molecule has 5 nitrogen and oxygen atoms in total. The van der Waals surface area contributed by atoms with Crippen LogP contribution < -0.4 is 4.87 Å². The number of hydrogen-bond donors (Lipinski definition) is 1. The van der Waals surface area contributed by atoms with Crippen molar-refractivity contribution in [2.75, 3.05) is 7.05 Å². The number of halogens is 1. The number of nitrogens with zero attached hydrogens (tertiary/aromatic N) is 1. The van der Waals surface area contributed by atoms with Gasteiger partial charge in [-0.05, 0) is 31.5 Å². The van der Waals surface area contributed by atoms with Crippen molar-refractivity contribution in [1.29, 1.82) is 0 Å². The molecule has 0 amide bonds. The van der Waals surface area contributed by atoms with Crippen LogP contribution in [0.3, 0.4) is 0 Å². The van der Waals surface area contributed by atoms with Crippen LogP contribution >= 0.6 is 22.9 Å². The van der Waals surface area contributed by atoms with Crippen LogP contribution in [0.2, 0.25) is 5.02 Å². The molecule has 1 aromatic carbocycles. The highest BCUT2D eigenvalue weighted by Gasteiger charge is 2.29. The summed E-state index contributed by atoms with van der Waals surface area (Å²) in [5, 5.41) is 0.594. The number of aromatic nitrogens is 1. The van der Waals surface area contributed by atoms with Crippen LogP contribution in [0.25, 0.3) is 0 Å². The van der Waals surface area contributed by atoms with E-state index in [0.29, 0.717) is 22.1 Å². The normalized spacial score (nSPS) is 13.6. The smallest absolute Gasteiger partial charge is 0.305 e. The van der Waals surface area contributed by atoms with E-state index in [-0.39, 0.29) is 15.1 Å². The number of hydrogen-bond acceptors (Lipinski definition) is 4. The first kappa shape index (κ1) is 16.2. The van der Waals surface area contributed by atoms with Crippen molar-refractivity contribution >= 4 is 33.0 Å². The van der Waals surface area contributed by atoms with Gasteiger partial charge in [0.25, 0.3) is 10.0 Å². The van der Waals surface area contributed by atoms with Crippen molar-refractivity contribution in [1.82, 2.24) is 9.29 Å². The first-order valence-corrected chi connectivity index (χ1v) is 8.80. The van der Waals surface area contributed by atoms with E-state index in [1.165, 1.54) is 11.4 Å². The van der Waals surface area contributed by atoms with E-state index in [0.717, 1.165) is 5.56 Å². The summed E-state index contributed by atoms with van der Waals surface area (Å²) in [6.07, 6.45) is 0. The molecular weight excluding hydrogens is 332 g/mol. The minimum atomic E-state index is -3.72. The Kier molecular flexibility index (Phi) is 4.57. The maximum atomic E-state index is 12.6. The summed E-state index contributed by atoms with van der Waals surface area (Å²) in [6, 6.07) is 6.63. The molecule has 2 rings (SSSR count). The predicted octanol–water partition coefficient (Wildman–Crippen LogP) is 2.78. The second kappa shape index (κ2) is 5.92. The van der Waals surface area contributed by atoms with Gasteiger partial charge in [0.05, 0.1) is 0 Å². The van der Waals surface area contributed by atoms with Crippen molar-refractivity contribution in [2.45, 2.75) is 24.1 Å². The summed E-state index contributed by atoms with van der Waals surface area (Å²) in [6.45, 7) is 3.36. The van der Waals surface area contributed by atoms with E-state index in [4.69, 9.17) is 11.6 Å². The highest BCUT2D eigenvalue weighted by Crippen LogP contribution is 2.28. The molecule has 0 bridgehead atoms. The summed E-state index contributed by atoms with van der Waals surface area (Å²) >= 11 is 6.54. The van der Waals surface area contributed by atoms with Crippen LogP contribution in [0.1, 0.15) is 24.2 Å². The van der Waals surface area contributed by atoms with E-state index < -0.39 is 10.0 Å². The summed E-state index contributed by atoms with van der Waals surface area (Å²) in [7, 11) is -2.22. The number of rotatable bonds is 4. The van der Waals surface area contributed by atoms with E-state index >= 15 is 0 Å². The zero-order chi connectivity index (χ0) is 15.8. The highest BCUT2D eigenvalue weighted by atomic mass is 35.5. The largest absolute Gasteiger partial charge is 0.315 e. The van der Waals surface area contributed by atoms with E-state index in [9.17, 15) is 13.2 Å². The number of sulfonamides is 1. The Labute approximate surface area is 132 Å². The minimum Gasteiger partial charge on any atom is -0.315 e. The predicted molar refractivity (Wildman–Crippen MR) is 84.5 cm³/mol. The molecule has 0 radical (unpaired) electrons. The van der Waals surface area contributed by atoms with Gasteiger partial charge in [-0.15, -0.1) is 0 Å². The van der Waals surface area contributed by atoms with Gasteiger partial charge in [-0.25, -0.2) is 8.42 Å². The average molecular weight is 347 g/mol. The average Bonchev–Trinajstić information content (AvgIpc) is 2.77. The van der Waals surface area contributed by atoms with Gasteiger partial charge in [0.1, 0.15) is 0 Å². The van der Waals surface area contributed by atoms with Crippen LogP contribution in [0.4, 0.5) is 0 Å². The fraction of sp³-hybridized carbons (Fsp3) is 0.308. The van der Waals surface area contributed by atoms with Crippen LogP contribution in [0.5, 0.6) is 0 Å². The molecule has 0 aliphatic rings. The van der Waals surface area contributed by atoms with E-state index in [1.807, 2.05) is 0 Å². The van der Waals surface area contributed by atoms with Crippen molar-refractivity contribution < 1.29 is 8.42 Å². The highest BCUT2D eigenvalue weighted by molar-refractivity contribution is 7.91. The van der Waals surface area contributed by atoms with Gasteiger partial charge in [0, 0.05) is 23.8 Å². The first-order valence-electron chi connectivity index (χ1n) is 6.16. The van der Waals surface area contributed by atoms with Crippen molar-refractivity contribution in [3.8, 4) is 0 Å². The Balaban J connectivity index is 2.38. The third-order valence-corrected chi connectivity index (χ3v) is 7.05. The molecule has 114 valence electrons. The molecular formula is C13H15ClN2O3S2. The molecule has 1 unspecified atom stereocenters. The van der Waals surface area contributed by atoms with Crippen LogP contribution in [0, 0.1) is 6.92 Å². The van der Waals surface area contributed by atoms with Gasteiger partial charge < -0.3 is 4.98 Å². The Morgan fingerprint density at radius 2 is 1.86 bits per heavy atom. The number of benzene rings is 1. The fourth-order valence-corrected chi connectivity index (χ4v) is 4.87. The SMILES string of the molecule is Cc1[nH]c(=O)sc1S(=O)(=O)N(C)C(C)c1ccc(Cl)cc1. The lowest BCUT2D eigenvalue weighted by Gasteiger charge is -2.24. The molecule has 1 atom stereocenters. The molecule has 8 heteroatoms. The lowest BCUT2D eigenvalue weighted by Crippen LogP contribution is -2.29. The monoisotopic (exact) mass is 346 g/mol. The Bertz CT molecular complexity index is 794. The maximum Gasteiger partial charge on any atom is 0.305 e. The van der Waals surface area contributed by atoms with E-state index in [1.54, 1.807) is 38.1 Å². The van der Waals surface area contributed by atoms with Crippen LogP contribution in [-0.2, 0) is 10.0 Å². The number of aromatic amines is 1. The second-order valence-electron chi connectivity index (χ2n) is 4.68. The van der Waals surface area contributed by atoms with Gasteiger partial charge in [-0.1, -0.05) is 35.1 Å². The fourth-order valence-electron chi connectivity index (χ4n) is 1.93. The Morgan fingerprint density at radius 1 is 1.29 bits per heavy atom. The van der Waals surface area contributed by atoms with Crippen molar-refractivity contribution in [2.24, 2.45) is 0 Å². The molecule has 0 saturated heterocycles. The standard InChI is InChI=1S/C13H15ClN2O3S2/c1-8-12(20-13(17)15-8)21(18,19)16(3)9(2)10-4-6-11(14)7-5-10/h4-7,9H,1-3H3,(H,15,17). The van der Waals surface area contributed by atoms with Crippen LogP contribution in [-0.4, -0.2) is 24.8 Å². The van der Waals surface area contributed by atoms with Gasteiger partial charge in [0.15, 0.2) is 4.21 Å². The molecule has 1 heterocycles. The summed E-state index contributed by atoms with van der Waals surface area (Å²) < 4.78 is 26.5. The summed E-state index contributed by atoms with van der Waals surface area (Å²) in [4.78, 5) is 13.4. The van der Waals surface area contributed by atoms with Gasteiger partial charge >= 0.3 is 4.87 Å². The molecule has 0 fully saturated rings. The molecule has 0 aliphatic carbocycles. The molecule has 1 N–H and O–H groups in total.